The van der Waals surface area contributed by atoms with E-state index in [2.05, 4.69) is 10.6 Å². The number of nitrogens with one attached hydrogen (secondary N) is 2. The van der Waals surface area contributed by atoms with Gasteiger partial charge in [-0.3, -0.25) is 19.7 Å². The zero-order chi connectivity index (χ0) is 26.5. The minimum Gasteiger partial charge on any atom is -0.497 e. The smallest absolute Gasteiger partial charge is 0.335 e. The molecular weight excluding hydrogens is 521 g/mol. The van der Waals surface area contributed by atoms with Crippen LogP contribution in [0.25, 0.3) is 6.08 Å². The van der Waals surface area contributed by atoms with Gasteiger partial charge >= 0.3 is 6.03 Å². The van der Waals surface area contributed by atoms with Crippen molar-refractivity contribution in [2.24, 2.45) is 0 Å². The third kappa shape index (κ3) is 6.08. The summed E-state index contributed by atoms with van der Waals surface area (Å²) in [5.74, 6) is -1.04. The molecule has 0 unspecified atom stereocenters. The summed E-state index contributed by atoms with van der Waals surface area (Å²) >= 11 is 11.8. The van der Waals surface area contributed by atoms with E-state index >= 15 is 0 Å². The van der Waals surface area contributed by atoms with Gasteiger partial charge in [-0.25, -0.2) is 9.69 Å². The highest BCUT2D eigenvalue weighted by Gasteiger charge is 2.36. The van der Waals surface area contributed by atoms with Gasteiger partial charge in [0.1, 0.15) is 17.1 Å². The summed E-state index contributed by atoms with van der Waals surface area (Å²) in [5.41, 5.74) is 1.05. The molecule has 1 fully saturated rings. The number of amides is 5. The van der Waals surface area contributed by atoms with Crippen molar-refractivity contribution >= 4 is 64.4 Å². The molecule has 0 bridgehead atoms. The van der Waals surface area contributed by atoms with Crippen molar-refractivity contribution < 1.29 is 28.7 Å². The Kier molecular flexibility index (Phi) is 7.76. The molecule has 1 aliphatic heterocycles. The Morgan fingerprint density at radius 2 is 1.62 bits per heavy atom. The van der Waals surface area contributed by atoms with Crippen LogP contribution >= 0.6 is 23.2 Å². The second-order valence-corrected chi connectivity index (χ2v) is 8.51. The predicted octanol–water partition coefficient (Wildman–Crippen LogP) is 4.69. The molecule has 0 aliphatic carbocycles. The van der Waals surface area contributed by atoms with Crippen LogP contribution in [0.5, 0.6) is 11.5 Å². The number of methoxy groups -OCH3 is 1. The molecule has 1 saturated heterocycles. The van der Waals surface area contributed by atoms with Crippen molar-refractivity contribution in [3.8, 4) is 11.5 Å². The summed E-state index contributed by atoms with van der Waals surface area (Å²) in [6.07, 6.45) is 1.36. The summed E-state index contributed by atoms with van der Waals surface area (Å²) < 4.78 is 10.6. The van der Waals surface area contributed by atoms with Gasteiger partial charge in [0, 0.05) is 5.69 Å². The Labute approximate surface area is 221 Å². The molecule has 0 saturated carbocycles. The summed E-state index contributed by atoms with van der Waals surface area (Å²) in [6, 6.07) is 16.5. The van der Waals surface area contributed by atoms with Gasteiger partial charge in [-0.2, -0.15) is 0 Å². The molecule has 0 radical (unpaired) electrons. The maximum absolute atomic E-state index is 13.0. The maximum atomic E-state index is 13.0. The quantitative estimate of drug-likeness (QED) is 0.332. The van der Waals surface area contributed by atoms with E-state index < -0.39 is 23.8 Å². The normalized spacial score (nSPS) is 14.4. The minimum absolute atomic E-state index is 0.218. The van der Waals surface area contributed by atoms with Crippen LogP contribution in [0.15, 0.2) is 72.3 Å². The lowest BCUT2D eigenvalue weighted by molar-refractivity contribution is -0.122. The van der Waals surface area contributed by atoms with Crippen molar-refractivity contribution in [2.75, 3.05) is 23.9 Å². The highest BCUT2D eigenvalue weighted by atomic mass is 35.5. The van der Waals surface area contributed by atoms with E-state index in [0.717, 1.165) is 4.90 Å². The fourth-order valence-electron chi connectivity index (χ4n) is 3.37. The van der Waals surface area contributed by atoms with E-state index in [1.807, 2.05) is 0 Å². The molecule has 2 N–H and O–H groups in total. The van der Waals surface area contributed by atoms with Crippen molar-refractivity contribution in [3.63, 3.8) is 0 Å². The van der Waals surface area contributed by atoms with Crippen molar-refractivity contribution in [1.82, 2.24) is 5.32 Å². The van der Waals surface area contributed by atoms with Gasteiger partial charge in [-0.15, -0.1) is 0 Å². The molecule has 188 valence electrons. The lowest BCUT2D eigenvalue weighted by atomic mass is 10.1. The number of urea groups is 1. The van der Waals surface area contributed by atoms with Crippen molar-refractivity contribution in [3.05, 3.63) is 87.9 Å². The maximum Gasteiger partial charge on any atom is 0.335 e. The van der Waals surface area contributed by atoms with Crippen LogP contribution in [-0.2, 0) is 14.4 Å². The highest BCUT2D eigenvalue weighted by molar-refractivity contribution is 6.42. The summed E-state index contributed by atoms with van der Waals surface area (Å²) in [5, 5.41) is 5.50. The molecule has 3 aromatic rings. The number of hydrogen-bond donors (Lipinski definition) is 2. The molecule has 0 spiro atoms. The molecule has 11 heteroatoms. The lowest BCUT2D eigenvalue weighted by Crippen LogP contribution is -2.54. The van der Waals surface area contributed by atoms with Gasteiger partial charge in [0.05, 0.1) is 22.8 Å². The van der Waals surface area contributed by atoms with Gasteiger partial charge in [0.15, 0.2) is 6.61 Å². The van der Waals surface area contributed by atoms with Crippen LogP contribution in [0.1, 0.15) is 5.56 Å². The van der Waals surface area contributed by atoms with Gasteiger partial charge < -0.3 is 14.8 Å². The number of rotatable bonds is 7. The first-order valence-corrected chi connectivity index (χ1v) is 11.5. The number of imide groups is 2. The molecule has 0 aromatic heterocycles. The molecule has 1 aliphatic rings. The molecule has 4 rings (SSSR count). The Bertz CT molecular complexity index is 1400. The minimum atomic E-state index is -0.847. The number of halogens is 2. The summed E-state index contributed by atoms with van der Waals surface area (Å²) in [6.45, 7) is -0.263. The van der Waals surface area contributed by atoms with Crippen LogP contribution in [-0.4, -0.2) is 37.5 Å². The second-order valence-electron chi connectivity index (χ2n) is 7.69. The first-order valence-electron chi connectivity index (χ1n) is 10.8. The first-order chi connectivity index (χ1) is 17.7. The van der Waals surface area contributed by atoms with E-state index in [1.54, 1.807) is 48.5 Å². The van der Waals surface area contributed by atoms with Gasteiger partial charge in [-0.05, 0) is 66.2 Å². The fraction of sp³-hybridized carbons (Fsp3) is 0.0769. The zero-order valence-electron chi connectivity index (χ0n) is 19.3. The van der Waals surface area contributed by atoms with E-state index in [0.29, 0.717) is 32.8 Å². The monoisotopic (exact) mass is 539 g/mol. The predicted molar refractivity (Wildman–Crippen MR) is 139 cm³/mol. The molecule has 5 amide bonds. The average molecular weight is 540 g/mol. The van der Waals surface area contributed by atoms with E-state index in [-0.39, 0.29) is 17.9 Å². The molecular formula is C26H19Cl2N3O6. The molecule has 9 nitrogen and oxygen atoms in total. The van der Waals surface area contributed by atoms with Gasteiger partial charge in [-0.1, -0.05) is 35.3 Å². The molecule has 1 heterocycles. The Hall–Kier alpha value is -4.34. The topological polar surface area (TPSA) is 114 Å². The standard InChI is InChI=1S/C26H19Cl2N3O6/c1-36-18-9-5-17(6-10-18)31-25(34)20(24(33)30-26(31)35)12-15-2-7-19(8-3-15)37-14-23(32)29-16-4-11-21(27)22(28)13-16/h2-13H,14H2,1H3,(H,29,32)(H,30,33,35)/b20-12+. The van der Waals surface area contributed by atoms with Crippen LogP contribution in [0, 0.1) is 0 Å². The number of benzene rings is 3. The Balaban J connectivity index is 1.42. The Morgan fingerprint density at radius 3 is 2.27 bits per heavy atom. The number of carbonyl (C=O) groups is 4. The number of nitrogens with zero attached hydrogens (tertiary/aromatic N) is 1. The van der Waals surface area contributed by atoms with Crippen molar-refractivity contribution in [1.29, 1.82) is 0 Å². The van der Waals surface area contributed by atoms with E-state index in [4.69, 9.17) is 32.7 Å². The lowest BCUT2D eigenvalue weighted by Gasteiger charge is -2.26. The number of barbiturate groups is 1. The van der Waals surface area contributed by atoms with Crippen LogP contribution in [0.3, 0.4) is 0 Å². The largest absolute Gasteiger partial charge is 0.497 e. The Morgan fingerprint density at radius 1 is 0.946 bits per heavy atom. The third-order valence-corrected chi connectivity index (χ3v) is 5.94. The van der Waals surface area contributed by atoms with Crippen molar-refractivity contribution in [2.45, 2.75) is 0 Å². The van der Waals surface area contributed by atoms with Gasteiger partial charge in [0.2, 0.25) is 0 Å². The summed E-state index contributed by atoms with van der Waals surface area (Å²) in [7, 11) is 1.50. The number of ether oxygens (including phenoxy) is 2. The molecule has 0 atom stereocenters. The van der Waals surface area contributed by atoms with Gasteiger partial charge in [0.25, 0.3) is 17.7 Å². The van der Waals surface area contributed by atoms with E-state index in [9.17, 15) is 19.2 Å². The SMILES string of the molecule is COc1ccc(N2C(=O)NC(=O)/C(=C\c3ccc(OCC(=O)Nc4ccc(Cl)c(Cl)c4)cc3)C2=O)cc1. The second kappa shape index (κ2) is 11.2. The first kappa shape index (κ1) is 25.7. The zero-order valence-corrected chi connectivity index (χ0v) is 20.8. The fourth-order valence-corrected chi connectivity index (χ4v) is 3.67. The summed E-state index contributed by atoms with van der Waals surface area (Å²) in [4.78, 5) is 50.7. The van der Waals surface area contributed by atoms with E-state index in [1.165, 1.54) is 31.4 Å². The third-order valence-electron chi connectivity index (χ3n) is 5.20. The number of anilines is 2. The number of hydrogen-bond acceptors (Lipinski definition) is 6. The molecule has 3 aromatic carbocycles. The van der Waals surface area contributed by atoms with Crippen LogP contribution < -0.4 is 25.0 Å². The molecule has 37 heavy (non-hydrogen) atoms. The van der Waals surface area contributed by atoms with Crippen LogP contribution in [0.2, 0.25) is 10.0 Å². The average Bonchev–Trinajstić information content (AvgIpc) is 2.88. The van der Waals surface area contributed by atoms with Crippen LogP contribution in [0.4, 0.5) is 16.2 Å². The highest BCUT2D eigenvalue weighted by Crippen LogP contribution is 2.26. The number of carbonyl (C=O) groups excluding carboxylic acids is 4.